The molecule has 0 saturated carbocycles. The molecule has 3 heteroatoms. The summed E-state index contributed by atoms with van der Waals surface area (Å²) in [4.78, 5) is 5.42. The molecule has 1 N–H and O–H groups in total. The molecule has 2 rings (SSSR count). The largest absolute Gasteiger partial charge is 0.303 e. The minimum Gasteiger partial charge on any atom is -0.303 e. The number of aromatic nitrogens is 1. The smallest absolute Gasteiger partial charge is 0.0794 e. The van der Waals surface area contributed by atoms with E-state index in [1.54, 1.807) is 11.3 Å². The van der Waals surface area contributed by atoms with E-state index in [-0.39, 0.29) is 0 Å². The van der Waals surface area contributed by atoms with Crippen LogP contribution in [0.15, 0.2) is 42.0 Å². The second-order valence-corrected chi connectivity index (χ2v) is 5.08. The molecule has 1 heterocycles. The molecule has 0 aliphatic carbocycles. The zero-order valence-electron chi connectivity index (χ0n) is 10.3. The van der Waals surface area contributed by atoms with Crippen LogP contribution >= 0.6 is 11.3 Å². The van der Waals surface area contributed by atoms with Gasteiger partial charge in [0.05, 0.1) is 5.51 Å². The van der Waals surface area contributed by atoms with Gasteiger partial charge < -0.3 is 5.32 Å². The molecule has 17 heavy (non-hydrogen) atoms. The molecule has 2 unspecified atom stereocenters. The van der Waals surface area contributed by atoms with Crippen LogP contribution in [0.5, 0.6) is 0 Å². The lowest BCUT2D eigenvalue weighted by molar-refractivity contribution is 0.460. The second-order valence-electron chi connectivity index (χ2n) is 4.16. The van der Waals surface area contributed by atoms with Crippen LogP contribution in [-0.4, -0.2) is 4.98 Å². The molecule has 2 aromatic rings. The molecule has 1 aromatic carbocycles. The maximum absolute atomic E-state index is 4.13. The van der Waals surface area contributed by atoms with Crippen molar-refractivity contribution in [2.75, 3.05) is 0 Å². The van der Waals surface area contributed by atoms with Crippen LogP contribution in [-0.2, 0) is 0 Å². The Kier molecular flexibility index (Phi) is 4.29. The first-order valence-electron chi connectivity index (χ1n) is 6.00. The van der Waals surface area contributed by atoms with Gasteiger partial charge in [-0.2, -0.15) is 0 Å². The van der Waals surface area contributed by atoms with Crippen LogP contribution in [0.2, 0.25) is 0 Å². The highest BCUT2D eigenvalue weighted by Gasteiger charge is 2.14. The third-order valence-corrected chi connectivity index (χ3v) is 3.90. The Hall–Kier alpha value is -1.19. The van der Waals surface area contributed by atoms with Crippen LogP contribution in [0.1, 0.15) is 42.8 Å². The zero-order valence-corrected chi connectivity index (χ0v) is 11.1. The van der Waals surface area contributed by atoms with E-state index >= 15 is 0 Å². The van der Waals surface area contributed by atoms with Crippen LogP contribution < -0.4 is 5.32 Å². The van der Waals surface area contributed by atoms with E-state index in [2.05, 4.69) is 54.5 Å². The van der Waals surface area contributed by atoms with Gasteiger partial charge in [-0.25, -0.2) is 0 Å². The fraction of sp³-hybridized carbons (Fsp3) is 0.357. The molecule has 1 aromatic heterocycles. The Morgan fingerprint density at radius 1 is 1.29 bits per heavy atom. The lowest BCUT2D eigenvalue weighted by Gasteiger charge is -2.21. The third-order valence-electron chi connectivity index (χ3n) is 2.94. The van der Waals surface area contributed by atoms with Gasteiger partial charge in [0.1, 0.15) is 0 Å². The first kappa shape index (κ1) is 12.3. The second kappa shape index (κ2) is 5.94. The fourth-order valence-corrected chi connectivity index (χ4v) is 2.60. The molecule has 0 amide bonds. The third kappa shape index (κ3) is 3.14. The maximum Gasteiger partial charge on any atom is 0.0794 e. The van der Waals surface area contributed by atoms with Gasteiger partial charge in [-0.15, -0.1) is 11.3 Å². The van der Waals surface area contributed by atoms with Crippen molar-refractivity contribution in [3.05, 3.63) is 52.5 Å². The summed E-state index contributed by atoms with van der Waals surface area (Å²) in [7, 11) is 0. The summed E-state index contributed by atoms with van der Waals surface area (Å²) in [5, 5.41) is 3.66. The SMILES string of the molecule is CCC(NC(C)c1cncs1)c1ccccc1. The number of rotatable bonds is 5. The van der Waals surface area contributed by atoms with E-state index in [0.29, 0.717) is 12.1 Å². The summed E-state index contributed by atoms with van der Waals surface area (Å²) in [6, 6.07) is 11.4. The van der Waals surface area contributed by atoms with Crippen molar-refractivity contribution in [1.29, 1.82) is 0 Å². The van der Waals surface area contributed by atoms with Crippen LogP contribution in [0.3, 0.4) is 0 Å². The molecule has 0 aliphatic heterocycles. The Morgan fingerprint density at radius 2 is 2.06 bits per heavy atom. The molecule has 0 radical (unpaired) electrons. The van der Waals surface area contributed by atoms with Crippen LogP contribution in [0.25, 0.3) is 0 Å². The van der Waals surface area contributed by atoms with Crippen LogP contribution in [0, 0.1) is 0 Å². The molecule has 0 spiro atoms. The molecule has 0 aliphatic rings. The van der Waals surface area contributed by atoms with E-state index in [1.165, 1.54) is 10.4 Å². The van der Waals surface area contributed by atoms with Crippen molar-refractivity contribution in [3.63, 3.8) is 0 Å². The van der Waals surface area contributed by atoms with E-state index in [1.807, 2.05) is 11.7 Å². The molecule has 0 fully saturated rings. The summed E-state index contributed by atoms with van der Waals surface area (Å²) in [5.74, 6) is 0. The van der Waals surface area contributed by atoms with Crippen molar-refractivity contribution >= 4 is 11.3 Å². The Bertz CT molecular complexity index is 425. The van der Waals surface area contributed by atoms with Gasteiger partial charge in [0.25, 0.3) is 0 Å². The summed E-state index contributed by atoms with van der Waals surface area (Å²) < 4.78 is 0. The molecule has 90 valence electrons. The molecule has 0 bridgehead atoms. The Labute approximate surface area is 107 Å². The first-order valence-corrected chi connectivity index (χ1v) is 6.88. The quantitative estimate of drug-likeness (QED) is 0.864. The standard InChI is InChI=1S/C14H18N2S/c1-3-13(12-7-5-4-6-8-12)16-11(2)14-9-15-10-17-14/h4-11,13,16H,3H2,1-2H3. The number of benzene rings is 1. The van der Waals surface area contributed by atoms with Crippen LogP contribution in [0.4, 0.5) is 0 Å². The van der Waals surface area contributed by atoms with Gasteiger partial charge in [0.15, 0.2) is 0 Å². The van der Waals surface area contributed by atoms with Gasteiger partial charge >= 0.3 is 0 Å². The molecule has 0 saturated heterocycles. The number of thiazole rings is 1. The van der Waals surface area contributed by atoms with Gasteiger partial charge in [-0.1, -0.05) is 37.3 Å². The summed E-state index contributed by atoms with van der Waals surface area (Å²) >= 11 is 1.71. The highest BCUT2D eigenvalue weighted by atomic mass is 32.1. The van der Waals surface area contributed by atoms with E-state index in [4.69, 9.17) is 0 Å². The topological polar surface area (TPSA) is 24.9 Å². The zero-order chi connectivity index (χ0) is 12.1. The lowest BCUT2D eigenvalue weighted by atomic mass is 10.0. The van der Waals surface area contributed by atoms with Crippen molar-refractivity contribution < 1.29 is 0 Å². The number of nitrogens with one attached hydrogen (secondary N) is 1. The predicted octanol–water partition coefficient (Wildman–Crippen LogP) is 3.95. The molecular weight excluding hydrogens is 228 g/mol. The summed E-state index contributed by atoms with van der Waals surface area (Å²) in [6.45, 7) is 4.41. The predicted molar refractivity (Wildman–Crippen MR) is 73.1 cm³/mol. The average Bonchev–Trinajstić information content (AvgIpc) is 2.90. The number of hydrogen-bond donors (Lipinski definition) is 1. The normalized spacial score (nSPS) is 14.5. The highest BCUT2D eigenvalue weighted by molar-refractivity contribution is 7.09. The molecule has 2 atom stereocenters. The first-order chi connectivity index (χ1) is 8.31. The average molecular weight is 246 g/mol. The summed E-state index contributed by atoms with van der Waals surface area (Å²) in [5.41, 5.74) is 3.24. The number of hydrogen-bond acceptors (Lipinski definition) is 3. The molecular formula is C14H18N2S. The van der Waals surface area contributed by atoms with Gasteiger partial charge in [-0.3, -0.25) is 4.98 Å². The number of nitrogens with zero attached hydrogens (tertiary/aromatic N) is 1. The van der Waals surface area contributed by atoms with E-state index in [0.717, 1.165) is 6.42 Å². The van der Waals surface area contributed by atoms with E-state index < -0.39 is 0 Å². The Balaban J connectivity index is 2.06. The minimum absolute atomic E-state index is 0.354. The Morgan fingerprint density at radius 3 is 2.65 bits per heavy atom. The molecule has 2 nitrogen and oxygen atoms in total. The minimum atomic E-state index is 0.354. The lowest BCUT2D eigenvalue weighted by Crippen LogP contribution is -2.23. The monoisotopic (exact) mass is 246 g/mol. The van der Waals surface area contributed by atoms with Crippen molar-refractivity contribution in [3.8, 4) is 0 Å². The van der Waals surface area contributed by atoms with Gasteiger partial charge in [-0.05, 0) is 18.9 Å². The fourth-order valence-electron chi connectivity index (χ4n) is 1.96. The van der Waals surface area contributed by atoms with Gasteiger partial charge in [0, 0.05) is 23.2 Å². The van der Waals surface area contributed by atoms with Gasteiger partial charge in [0.2, 0.25) is 0 Å². The maximum atomic E-state index is 4.13. The highest BCUT2D eigenvalue weighted by Crippen LogP contribution is 2.23. The van der Waals surface area contributed by atoms with Crippen molar-refractivity contribution in [2.45, 2.75) is 32.4 Å². The van der Waals surface area contributed by atoms with Crippen molar-refractivity contribution in [1.82, 2.24) is 10.3 Å². The van der Waals surface area contributed by atoms with E-state index in [9.17, 15) is 0 Å². The van der Waals surface area contributed by atoms with Crippen molar-refractivity contribution in [2.24, 2.45) is 0 Å². The summed E-state index contributed by atoms with van der Waals surface area (Å²) in [6.07, 6.45) is 3.03.